The highest BCUT2D eigenvalue weighted by atomic mass is 16.5. The quantitative estimate of drug-likeness (QED) is 0.890. The minimum absolute atomic E-state index is 0.0104. The summed E-state index contributed by atoms with van der Waals surface area (Å²) in [6.07, 6.45) is 2.44. The van der Waals surface area contributed by atoms with Gasteiger partial charge in [0.2, 0.25) is 5.91 Å². The van der Waals surface area contributed by atoms with E-state index in [-0.39, 0.29) is 24.1 Å². The Balaban J connectivity index is 1.64. The van der Waals surface area contributed by atoms with Crippen LogP contribution >= 0.6 is 0 Å². The number of nitrogens with one attached hydrogen (secondary N) is 2. The monoisotopic (exact) mass is 317 g/mol. The lowest BCUT2D eigenvalue weighted by molar-refractivity contribution is -0.129. The van der Waals surface area contributed by atoms with Gasteiger partial charge in [-0.25, -0.2) is 0 Å². The second-order valence-electron chi connectivity index (χ2n) is 6.53. The fourth-order valence-corrected chi connectivity index (χ4v) is 3.38. The standard InChI is InChI=1S/C18H27N3O2/c1-13(20-18(22)17-14(2)23-11-8-19-17)15-6-5-7-16(12-15)21-9-3-4-10-21/h5-7,12-14,17,19H,3-4,8-11H2,1-2H3,(H,20,22)/t13?,14-,17+/m1/s1. The number of rotatable bonds is 4. The van der Waals surface area contributed by atoms with Crippen LogP contribution in [0.5, 0.6) is 0 Å². The number of morpholine rings is 1. The number of benzene rings is 1. The summed E-state index contributed by atoms with van der Waals surface area (Å²) in [4.78, 5) is 14.9. The molecule has 2 heterocycles. The first-order chi connectivity index (χ1) is 11.1. The Morgan fingerprint density at radius 2 is 2.17 bits per heavy atom. The molecule has 2 fully saturated rings. The Morgan fingerprint density at radius 1 is 1.39 bits per heavy atom. The van der Waals surface area contributed by atoms with Crippen molar-refractivity contribution in [3.8, 4) is 0 Å². The van der Waals surface area contributed by atoms with Crippen LogP contribution in [0.4, 0.5) is 5.69 Å². The highest BCUT2D eigenvalue weighted by Crippen LogP contribution is 2.24. The molecule has 23 heavy (non-hydrogen) atoms. The van der Waals surface area contributed by atoms with Gasteiger partial charge in [-0.3, -0.25) is 4.79 Å². The predicted octanol–water partition coefficient (Wildman–Crippen LogP) is 1.84. The molecule has 0 saturated carbocycles. The molecule has 0 bridgehead atoms. The van der Waals surface area contributed by atoms with Gasteiger partial charge in [0.15, 0.2) is 0 Å². The summed E-state index contributed by atoms with van der Waals surface area (Å²) in [6.45, 7) is 7.63. The average Bonchev–Trinajstić information content (AvgIpc) is 3.10. The number of nitrogens with zero attached hydrogens (tertiary/aromatic N) is 1. The smallest absolute Gasteiger partial charge is 0.240 e. The van der Waals surface area contributed by atoms with Gasteiger partial charge in [-0.15, -0.1) is 0 Å². The summed E-state index contributed by atoms with van der Waals surface area (Å²) in [6, 6.07) is 8.23. The SMILES string of the molecule is CC(NC(=O)[C@H]1NCCO[C@@H]1C)c1cccc(N2CCCC2)c1. The lowest BCUT2D eigenvalue weighted by atomic mass is 10.1. The number of hydrogen-bond acceptors (Lipinski definition) is 4. The van der Waals surface area contributed by atoms with Crippen molar-refractivity contribution < 1.29 is 9.53 Å². The number of carbonyl (C=O) groups excluding carboxylic acids is 1. The molecule has 126 valence electrons. The molecule has 2 aliphatic rings. The van der Waals surface area contributed by atoms with Crippen molar-refractivity contribution in [2.24, 2.45) is 0 Å². The van der Waals surface area contributed by atoms with E-state index >= 15 is 0 Å². The molecular formula is C18H27N3O2. The third-order valence-electron chi connectivity index (χ3n) is 4.80. The molecule has 2 saturated heterocycles. The van der Waals surface area contributed by atoms with Gasteiger partial charge in [0.25, 0.3) is 0 Å². The molecule has 5 heteroatoms. The molecule has 3 rings (SSSR count). The number of amides is 1. The zero-order valence-corrected chi connectivity index (χ0v) is 14.0. The van der Waals surface area contributed by atoms with Crippen molar-refractivity contribution in [3.05, 3.63) is 29.8 Å². The number of carbonyl (C=O) groups is 1. The van der Waals surface area contributed by atoms with E-state index in [2.05, 4.69) is 39.8 Å². The van der Waals surface area contributed by atoms with Gasteiger partial charge in [0.05, 0.1) is 18.8 Å². The largest absolute Gasteiger partial charge is 0.375 e. The molecule has 0 radical (unpaired) electrons. The molecule has 1 aromatic rings. The van der Waals surface area contributed by atoms with E-state index in [9.17, 15) is 4.79 Å². The van der Waals surface area contributed by atoms with Crippen molar-refractivity contribution in [3.63, 3.8) is 0 Å². The van der Waals surface area contributed by atoms with Crippen LogP contribution in [0.3, 0.4) is 0 Å². The molecular weight excluding hydrogens is 290 g/mol. The van der Waals surface area contributed by atoms with Crippen LogP contribution in [0, 0.1) is 0 Å². The van der Waals surface area contributed by atoms with Crippen LogP contribution in [0.15, 0.2) is 24.3 Å². The van der Waals surface area contributed by atoms with E-state index < -0.39 is 0 Å². The van der Waals surface area contributed by atoms with Crippen LogP contribution < -0.4 is 15.5 Å². The second kappa shape index (κ2) is 7.32. The molecule has 2 aliphatic heterocycles. The van der Waals surface area contributed by atoms with E-state index in [0.29, 0.717) is 6.61 Å². The Labute approximate surface area is 138 Å². The summed E-state index contributed by atoms with van der Waals surface area (Å²) in [5.74, 6) is 0.0104. The van der Waals surface area contributed by atoms with Crippen molar-refractivity contribution in [2.75, 3.05) is 31.1 Å². The van der Waals surface area contributed by atoms with E-state index in [1.807, 2.05) is 13.8 Å². The first-order valence-electron chi connectivity index (χ1n) is 8.65. The zero-order chi connectivity index (χ0) is 16.2. The van der Waals surface area contributed by atoms with Crippen LogP contribution in [0.25, 0.3) is 0 Å². The molecule has 0 spiro atoms. The van der Waals surface area contributed by atoms with Gasteiger partial charge < -0.3 is 20.3 Å². The van der Waals surface area contributed by atoms with Crippen molar-refractivity contribution in [1.29, 1.82) is 0 Å². The Morgan fingerprint density at radius 3 is 2.91 bits per heavy atom. The van der Waals surface area contributed by atoms with E-state index in [1.165, 1.54) is 18.5 Å². The van der Waals surface area contributed by atoms with Gasteiger partial charge in [-0.1, -0.05) is 12.1 Å². The van der Waals surface area contributed by atoms with E-state index in [1.54, 1.807) is 0 Å². The fraction of sp³-hybridized carbons (Fsp3) is 0.611. The minimum Gasteiger partial charge on any atom is -0.375 e. The Hall–Kier alpha value is -1.59. The third-order valence-corrected chi connectivity index (χ3v) is 4.80. The third kappa shape index (κ3) is 3.85. The normalized spacial score (nSPS) is 26.1. The molecule has 1 unspecified atom stereocenters. The molecule has 0 aliphatic carbocycles. The molecule has 3 atom stereocenters. The van der Waals surface area contributed by atoms with E-state index in [0.717, 1.165) is 25.2 Å². The van der Waals surface area contributed by atoms with Gasteiger partial charge in [-0.05, 0) is 44.4 Å². The maximum Gasteiger partial charge on any atom is 0.240 e. The summed E-state index contributed by atoms with van der Waals surface area (Å²) >= 11 is 0. The number of anilines is 1. The zero-order valence-electron chi connectivity index (χ0n) is 14.0. The minimum atomic E-state index is -0.270. The highest BCUT2D eigenvalue weighted by Gasteiger charge is 2.29. The van der Waals surface area contributed by atoms with Crippen molar-refractivity contribution in [2.45, 2.75) is 44.9 Å². The van der Waals surface area contributed by atoms with Gasteiger partial charge in [0, 0.05) is 25.3 Å². The van der Waals surface area contributed by atoms with Crippen LogP contribution in [-0.2, 0) is 9.53 Å². The summed E-state index contributed by atoms with van der Waals surface area (Å²) in [7, 11) is 0. The second-order valence-corrected chi connectivity index (χ2v) is 6.53. The van der Waals surface area contributed by atoms with Gasteiger partial charge >= 0.3 is 0 Å². The lowest BCUT2D eigenvalue weighted by Gasteiger charge is -2.30. The fourth-order valence-electron chi connectivity index (χ4n) is 3.38. The number of hydrogen-bond donors (Lipinski definition) is 2. The van der Waals surface area contributed by atoms with Crippen LogP contribution in [0.1, 0.15) is 38.3 Å². The van der Waals surface area contributed by atoms with Crippen LogP contribution in [-0.4, -0.2) is 44.3 Å². The topological polar surface area (TPSA) is 53.6 Å². The van der Waals surface area contributed by atoms with Gasteiger partial charge in [-0.2, -0.15) is 0 Å². The lowest BCUT2D eigenvalue weighted by Crippen LogP contribution is -2.55. The average molecular weight is 317 g/mol. The molecule has 0 aromatic heterocycles. The first kappa shape index (κ1) is 16.3. The number of ether oxygens (including phenoxy) is 1. The molecule has 2 N–H and O–H groups in total. The first-order valence-corrected chi connectivity index (χ1v) is 8.65. The van der Waals surface area contributed by atoms with Crippen molar-refractivity contribution in [1.82, 2.24) is 10.6 Å². The molecule has 1 aromatic carbocycles. The van der Waals surface area contributed by atoms with Gasteiger partial charge in [0.1, 0.15) is 6.04 Å². The Kier molecular flexibility index (Phi) is 5.18. The van der Waals surface area contributed by atoms with Crippen molar-refractivity contribution >= 4 is 11.6 Å². The predicted molar refractivity (Wildman–Crippen MR) is 91.7 cm³/mol. The maximum absolute atomic E-state index is 12.5. The van der Waals surface area contributed by atoms with E-state index in [4.69, 9.17) is 4.74 Å². The Bertz CT molecular complexity index is 543. The maximum atomic E-state index is 12.5. The summed E-state index contributed by atoms with van der Waals surface area (Å²) < 4.78 is 5.56. The highest BCUT2D eigenvalue weighted by molar-refractivity contribution is 5.83. The van der Waals surface area contributed by atoms with Crippen LogP contribution in [0.2, 0.25) is 0 Å². The summed E-state index contributed by atoms with van der Waals surface area (Å²) in [5.41, 5.74) is 2.40. The molecule has 1 amide bonds. The molecule has 5 nitrogen and oxygen atoms in total. The summed E-state index contributed by atoms with van der Waals surface area (Å²) in [5, 5.41) is 6.35.